The number of hydrogen-bond acceptors (Lipinski definition) is 3. The average Bonchev–Trinajstić information content (AvgIpc) is 3.10. The van der Waals surface area contributed by atoms with Crippen LogP contribution in [0.3, 0.4) is 0 Å². The van der Waals surface area contributed by atoms with E-state index in [1.54, 1.807) is 24.3 Å². The third kappa shape index (κ3) is 5.31. The number of carbonyl (C=O) groups excluding carboxylic acids is 1. The first-order valence-corrected chi connectivity index (χ1v) is 10.4. The van der Waals surface area contributed by atoms with Crippen LogP contribution in [0.1, 0.15) is 58.3 Å². The smallest absolute Gasteiger partial charge is 0.243 e. The van der Waals surface area contributed by atoms with E-state index in [-0.39, 0.29) is 5.91 Å². The molecule has 0 saturated carbocycles. The van der Waals surface area contributed by atoms with Gasteiger partial charge in [-0.1, -0.05) is 32.6 Å². The summed E-state index contributed by atoms with van der Waals surface area (Å²) in [6.45, 7) is 3.36. The number of amides is 1. The Bertz CT molecular complexity index is 620. The Morgan fingerprint density at radius 2 is 1.67 bits per heavy atom. The molecule has 1 saturated heterocycles. The van der Waals surface area contributed by atoms with Crippen molar-refractivity contribution < 1.29 is 13.2 Å². The highest BCUT2D eigenvalue weighted by Crippen LogP contribution is 2.22. The van der Waals surface area contributed by atoms with Crippen LogP contribution in [0.15, 0.2) is 29.2 Å². The molecule has 2 rings (SSSR count). The zero-order chi connectivity index (χ0) is 17.4. The van der Waals surface area contributed by atoms with Gasteiger partial charge in [0.2, 0.25) is 15.9 Å². The fraction of sp³-hybridized carbons (Fsp3) is 0.611. The van der Waals surface area contributed by atoms with Crippen LogP contribution in [0, 0.1) is 0 Å². The Labute approximate surface area is 145 Å². The Morgan fingerprint density at radius 3 is 2.29 bits per heavy atom. The lowest BCUT2D eigenvalue weighted by molar-refractivity contribution is -0.116. The van der Waals surface area contributed by atoms with Crippen molar-refractivity contribution in [3.8, 4) is 0 Å². The molecule has 134 valence electrons. The highest BCUT2D eigenvalue weighted by Gasteiger charge is 2.26. The van der Waals surface area contributed by atoms with E-state index in [1.165, 1.54) is 23.6 Å². The normalized spacial score (nSPS) is 15.5. The molecule has 5 nitrogen and oxygen atoms in total. The Hall–Kier alpha value is -1.40. The predicted molar refractivity (Wildman–Crippen MR) is 96.4 cm³/mol. The standard InChI is InChI=1S/C18H28N2O3S/c1-2-3-4-5-6-9-18(21)19-16-10-12-17(13-11-16)24(22,23)20-14-7-8-15-20/h10-13H,2-9,14-15H2,1H3,(H,19,21). The molecule has 1 aromatic rings. The maximum absolute atomic E-state index is 12.4. The summed E-state index contributed by atoms with van der Waals surface area (Å²) in [4.78, 5) is 12.2. The van der Waals surface area contributed by atoms with Gasteiger partial charge in [0.05, 0.1) is 4.90 Å². The van der Waals surface area contributed by atoms with E-state index in [4.69, 9.17) is 0 Å². The van der Waals surface area contributed by atoms with Crippen molar-refractivity contribution in [3.63, 3.8) is 0 Å². The number of carbonyl (C=O) groups is 1. The summed E-state index contributed by atoms with van der Waals surface area (Å²) in [5.74, 6) is -0.0124. The van der Waals surface area contributed by atoms with E-state index >= 15 is 0 Å². The SMILES string of the molecule is CCCCCCCC(=O)Nc1ccc(S(=O)(=O)N2CCCC2)cc1. The summed E-state index contributed by atoms with van der Waals surface area (Å²) >= 11 is 0. The third-order valence-electron chi connectivity index (χ3n) is 4.35. The first kappa shape index (κ1) is 18.9. The van der Waals surface area contributed by atoms with Crippen LogP contribution in [0.25, 0.3) is 0 Å². The number of rotatable bonds is 9. The van der Waals surface area contributed by atoms with E-state index in [0.717, 1.165) is 25.7 Å². The van der Waals surface area contributed by atoms with Gasteiger partial charge in [-0.25, -0.2) is 8.42 Å². The average molecular weight is 353 g/mol. The molecule has 0 unspecified atom stereocenters. The van der Waals surface area contributed by atoms with Crippen LogP contribution < -0.4 is 5.32 Å². The van der Waals surface area contributed by atoms with E-state index in [2.05, 4.69) is 12.2 Å². The van der Waals surface area contributed by atoms with Crippen LogP contribution in [0.2, 0.25) is 0 Å². The van der Waals surface area contributed by atoms with Crippen LogP contribution in [-0.4, -0.2) is 31.7 Å². The molecule has 6 heteroatoms. The molecule has 1 amide bonds. The molecule has 0 atom stereocenters. The zero-order valence-electron chi connectivity index (χ0n) is 14.5. The molecule has 1 heterocycles. The number of benzene rings is 1. The molecular formula is C18H28N2O3S. The third-order valence-corrected chi connectivity index (χ3v) is 6.26. The van der Waals surface area contributed by atoms with Gasteiger partial charge in [-0.3, -0.25) is 4.79 Å². The summed E-state index contributed by atoms with van der Waals surface area (Å²) in [5.41, 5.74) is 0.647. The minimum absolute atomic E-state index is 0.0124. The van der Waals surface area contributed by atoms with Gasteiger partial charge in [-0.05, 0) is 43.5 Å². The second kappa shape index (κ2) is 9.18. The monoisotopic (exact) mass is 352 g/mol. The summed E-state index contributed by atoms with van der Waals surface area (Å²) in [7, 11) is -3.39. The summed E-state index contributed by atoms with van der Waals surface area (Å²) < 4.78 is 26.4. The van der Waals surface area contributed by atoms with Crippen molar-refractivity contribution >= 4 is 21.6 Å². The molecule has 0 aliphatic carbocycles. The highest BCUT2D eigenvalue weighted by atomic mass is 32.2. The van der Waals surface area contributed by atoms with Gasteiger partial charge < -0.3 is 5.32 Å². The van der Waals surface area contributed by atoms with Gasteiger partial charge in [0.15, 0.2) is 0 Å². The van der Waals surface area contributed by atoms with E-state index in [1.807, 2.05) is 0 Å². The lowest BCUT2D eigenvalue weighted by Crippen LogP contribution is -2.27. The molecule has 24 heavy (non-hydrogen) atoms. The quantitative estimate of drug-likeness (QED) is 0.688. The molecule has 0 radical (unpaired) electrons. The van der Waals surface area contributed by atoms with Crippen molar-refractivity contribution in [2.75, 3.05) is 18.4 Å². The van der Waals surface area contributed by atoms with Crippen molar-refractivity contribution in [1.82, 2.24) is 4.31 Å². The van der Waals surface area contributed by atoms with Gasteiger partial charge in [-0.2, -0.15) is 4.31 Å². The summed E-state index contributed by atoms with van der Waals surface area (Å²) in [5, 5.41) is 2.83. The molecule has 1 aliphatic rings. The number of anilines is 1. The first-order valence-electron chi connectivity index (χ1n) is 8.94. The maximum atomic E-state index is 12.4. The van der Waals surface area contributed by atoms with Gasteiger partial charge in [-0.15, -0.1) is 0 Å². The number of unbranched alkanes of at least 4 members (excludes halogenated alkanes) is 4. The van der Waals surface area contributed by atoms with E-state index in [9.17, 15) is 13.2 Å². The molecular weight excluding hydrogens is 324 g/mol. The van der Waals surface area contributed by atoms with Gasteiger partial charge >= 0.3 is 0 Å². The Kier molecular flexibility index (Phi) is 7.24. The fourth-order valence-electron chi connectivity index (χ4n) is 2.90. The summed E-state index contributed by atoms with van der Waals surface area (Å²) in [6, 6.07) is 6.48. The number of sulfonamides is 1. The van der Waals surface area contributed by atoms with Crippen molar-refractivity contribution in [1.29, 1.82) is 0 Å². The van der Waals surface area contributed by atoms with Crippen molar-refractivity contribution in [2.45, 2.75) is 63.2 Å². The second-order valence-electron chi connectivity index (χ2n) is 6.35. The number of nitrogens with one attached hydrogen (secondary N) is 1. The van der Waals surface area contributed by atoms with Crippen LogP contribution in [0.5, 0.6) is 0 Å². The Morgan fingerprint density at radius 1 is 1.04 bits per heavy atom. The second-order valence-corrected chi connectivity index (χ2v) is 8.29. The molecule has 1 fully saturated rings. The number of hydrogen-bond donors (Lipinski definition) is 1. The molecule has 0 aromatic heterocycles. The van der Waals surface area contributed by atoms with Crippen molar-refractivity contribution in [2.24, 2.45) is 0 Å². The maximum Gasteiger partial charge on any atom is 0.243 e. The highest BCUT2D eigenvalue weighted by molar-refractivity contribution is 7.89. The molecule has 0 spiro atoms. The molecule has 1 N–H and O–H groups in total. The minimum Gasteiger partial charge on any atom is -0.326 e. The molecule has 1 aliphatic heterocycles. The predicted octanol–water partition coefficient (Wildman–Crippen LogP) is 3.77. The lowest BCUT2D eigenvalue weighted by atomic mass is 10.1. The number of nitrogens with zero attached hydrogens (tertiary/aromatic N) is 1. The van der Waals surface area contributed by atoms with Crippen LogP contribution >= 0.6 is 0 Å². The molecule has 0 bridgehead atoms. The fourth-order valence-corrected chi connectivity index (χ4v) is 4.42. The van der Waals surface area contributed by atoms with E-state index < -0.39 is 10.0 Å². The summed E-state index contributed by atoms with van der Waals surface area (Å²) in [6.07, 6.45) is 7.91. The topological polar surface area (TPSA) is 66.5 Å². The zero-order valence-corrected chi connectivity index (χ0v) is 15.3. The minimum atomic E-state index is -3.39. The van der Waals surface area contributed by atoms with Crippen molar-refractivity contribution in [3.05, 3.63) is 24.3 Å². The Balaban J connectivity index is 1.84. The largest absolute Gasteiger partial charge is 0.326 e. The van der Waals surface area contributed by atoms with Gasteiger partial charge in [0.25, 0.3) is 0 Å². The lowest BCUT2D eigenvalue weighted by Gasteiger charge is -2.15. The van der Waals surface area contributed by atoms with E-state index in [0.29, 0.717) is 30.1 Å². The first-order chi connectivity index (χ1) is 11.5. The van der Waals surface area contributed by atoms with Crippen LogP contribution in [-0.2, 0) is 14.8 Å². The molecule has 1 aromatic carbocycles. The van der Waals surface area contributed by atoms with Gasteiger partial charge in [0.1, 0.15) is 0 Å². The van der Waals surface area contributed by atoms with Crippen LogP contribution in [0.4, 0.5) is 5.69 Å². The van der Waals surface area contributed by atoms with Gasteiger partial charge in [0, 0.05) is 25.2 Å².